The molecule has 2 N–H and O–H groups in total. The van der Waals surface area contributed by atoms with Crippen molar-refractivity contribution >= 4 is 44.5 Å². The van der Waals surface area contributed by atoms with Crippen LogP contribution in [0.3, 0.4) is 0 Å². The summed E-state index contributed by atoms with van der Waals surface area (Å²) in [5, 5.41) is 3.09. The molecule has 1 fully saturated rings. The second-order valence-electron chi connectivity index (χ2n) is 8.37. The molecule has 1 aliphatic rings. The molecular formula is C20H25BrClFN4O5. The van der Waals surface area contributed by atoms with E-state index in [1.165, 1.54) is 7.11 Å². The Hall–Kier alpha value is -2.11. The van der Waals surface area contributed by atoms with Crippen LogP contribution >= 0.6 is 27.5 Å². The minimum absolute atomic E-state index is 0.0351. The number of likely N-dealkylation sites (tertiary alicyclic amines) is 1. The maximum atomic E-state index is 14.6. The first-order chi connectivity index (χ1) is 15.0. The van der Waals surface area contributed by atoms with Gasteiger partial charge in [0.05, 0.1) is 11.6 Å². The second-order valence-corrected chi connectivity index (χ2v) is 9.54. The van der Waals surface area contributed by atoms with Crippen molar-refractivity contribution in [2.24, 2.45) is 5.92 Å². The second kappa shape index (κ2) is 9.80. The van der Waals surface area contributed by atoms with Crippen LogP contribution in [-0.2, 0) is 4.74 Å². The molecule has 0 radical (unpaired) electrons. The standard InChI is InChI=1S/C20H25BrClFN4O5/c1-20(2,3)32-19(29)27-8-10(9-27)7-24-5-6-31-16-11-15(14(23)12(21)13(16)22)25-18(30-4)26-17(11)28/h10,24H,5-9H2,1-4H3,(H,25,26,28). The van der Waals surface area contributed by atoms with Crippen LogP contribution in [0.1, 0.15) is 20.8 Å². The topological polar surface area (TPSA) is 106 Å². The molecule has 0 aliphatic carbocycles. The third-order valence-electron chi connectivity index (χ3n) is 4.68. The van der Waals surface area contributed by atoms with E-state index in [0.717, 1.165) is 0 Å². The molecule has 0 saturated carbocycles. The van der Waals surface area contributed by atoms with E-state index in [-0.39, 0.29) is 44.9 Å². The summed E-state index contributed by atoms with van der Waals surface area (Å²) in [4.78, 5) is 32.4. The summed E-state index contributed by atoms with van der Waals surface area (Å²) in [5.74, 6) is -0.432. The summed E-state index contributed by atoms with van der Waals surface area (Å²) in [7, 11) is 1.31. The third kappa shape index (κ3) is 5.44. The zero-order chi connectivity index (χ0) is 23.6. The number of hydrogen-bond donors (Lipinski definition) is 2. The van der Waals surface area contributed by atoms with Crippen molar-refractivity contribution in [3.63, 3.8) is 0 Å². The molecule has 1 aromatic heterocycles. The number of benzene rings is 1. The molecule has 32 heavy (non-hydrogen) atoms. The molecular weight excluding hydrogens is 511 g/mol. The maximum absolute atomic E-state index is 14.6. The number of carbonyl (C=O) groups excluding carboxylic acids is 1. The van der Waals surface area contributed by atoms with E-state index in [9.17, 15) is 14.0 Å². The van der Waals surface area contributed by atoms with Gasteiger partial charge in [-0.2, -0.15) is 4.98 Å². The zero-order valence-corrected chi connectivity index (χ0v) is 20.5. The molecule has 1 aliphatic heterocycles. The Morgan fingerprint density at radius 1 is 1.41 bits per heavy atom. The molecule has 12 heteroatoms. The van der Waals surface area contributed by atoms with Gasteiger partial charge in [-0.05, 0) is 36.7 Å². The lowest BCUT2D eigenvalue weighted by Gasteiger charge is -2.39. The average molecular weight is 536 g/mol. The number of aromatic nitrogens is 2. The van der Waals surface area contributed by atoms with E-state index in [1.807, 2.05) is 20.8 Å². The van der Waals surface area contributed by atoms with Gasteiger partial charge < -0.3 is 24.4 Å². The lowest BCUT2D eigenvalue weighted by Crippen LogP contribution is -2.54. The first-order valence-corrected chi connectivity index (χ1v) is 11.1. The summed E-state index contributed by atoms with van der Waals surface area (Å²) >= 11 is 9.29. The van der Waals surface area contributed by atoms with Crippen LogP contribution in [0, 0.1) is 11.7 Å². The summed E-state index contributed by atoms with van der Waals surface area (Å²) in [6.45, 7) is 8.06. The van der Waals surface area contributed by atoms with Crippen LogP contribution < -0.4 is 20.3 Å². The van der Waals surface area contributed by atoms with Crippen LogP contribution in [0.4, 0.5) is 9.18 Å². The van der Waals surface area contributed by atoms with Crippen molar-refractivity contribution in [1.82, 2.24) is 20.2 Å². The van der Waals surface area contributed by atoms with E-state index < -0.39 is 17.0 Å². The summed E-state index contributed by atoms with van der Waals surface area (Å²) < 4.78 is 30.5. The van der Waals surface area contributed by atoms with Crippen molar-refractivity contribution < 1.29 is 23.4 Å². The number of nitrogens with one attached hydrogen (secondary N) is 2. The number of ether oxygens (including phenoxy) is 3. The van der Waals surface area contributed by atoms with Crippen molar-refractivity contribution in [3.8, 4) is 11.8 Å². The fourth-order valence-electron chi connectivity index (χ4n) is 3.17. The SMILES string of the molecule is COc1nc2c(F)c(Br)c(Cl)c(OCCNCC3CN(C(=O)OC(C)(C)C)C3)c2c(=O)[nH]1. The number of amides is 1. The first-order valence-electron chi connectivity index (χ1n) is 9.97. The van der Waals surface area contributed by atoms with Gasteiger partial charge in [0.2, 0.25) is 0 Å². The van der Waals surface area contributed by atoms with Gasteiger partial charge in [-0.1, -0.05) is 11.6 Å². The molecule has 0 spiro atoms. The number of H-pyrrole nitrogens is 1. The largest absolute Gasteiger partial charge is 0.490 e. The maximum Gasteiger partial charge on any atom is 0.410 e. The van der Waals surface area contributed by atoms with Crippen molar-refractivity contribution in [2.75, 3.05) is 39.9 Å². The van der Waals surface area contributed by atoms with Crippen LogP contribution in [0.15, 0.2) is 9.27 Å². The predicted octanol–water partition coefficient (Wildman–Crippen LogP) is 3.32. The number of methoxy groups -OCH3 is 1. The smallest absolute Gasteiger partial charge is 0.410 e. The van der Waals surface area contributed by atoms with Gasteiger partial charge in [0.25, 0.3) is 11.6 Å². The molecule has 1 aromatic carbocycles. The van der Waals surface area contributed by atoms with E-state index in [1.54, 1.807) is 4.90 Å². The fourth-order valence-corrected chi connectivity index (χ4v) is 3.77. The number of halogens is 3. The monoisotopic (exact) mass is 534 g/mol. The highest BCUT2D eigenvalue weighted by molar-refractivity contribution is 9.10. The molecule has 0 atom stereocenters. The molecule has 0 bridgehead atoms. The number of hydrogen-bond acceptors (Lipinski definition) is 7. The lowest BCUT2D eigenvalue weighted by atomic mass is 10.0. The zero-order valence-electron chi connectivity index (χ0n) is 18.2. The van der Waals surface area contributed by atoms with Gasteiger partial charge in [-0.15, -0.1) is 0 Å². The van der Waals surface area contributed by atoms with Gasteiger partial charge in [-0.3, -0.25) is 9.78 Å². The highest BCUT2D eigenvalue weighted by Gasteiger charge is 2.33. The fraction of sp³-hybridized carbons (Fsp3) is 0.550. The highest BCUT2D eigenvalue weighted by Crippen LogP contribution is 2.40. The molecule has 9 nitrogen and oxygen atoms in total. The van der Waals surface area contributed by atoms with E-state index >= 15 is 0 Å². The van der Waals surface area contributed by atoms with Crippen molar-refractivity contribution in [1.29, 1.82) is 0 Å². The minimum atomic E-state index is -0.778. The predicted molar refractivity (Wildman–Crippen MR) is 121 cm³/mol. The molecule has 2 heterocycles. The van der Waals surface area contributed by atoms with Gasteiger partial charge in [0.1, 0.15) is 28.1 Å². The van der Waals surface area contributed by atoms with Gasteiger partial charge in [-0.25, -0.2) is 9.18 Å². The molecule has 1 amide bonds. The molecule has 176 valence electrons. The Morgan fingerprint density at radius 3 is 2.72 bits per heavy atom. The quantitative estimate of drug-likeness (QED) is 0.414. The van der Waals surface area contributed by atoms with Crippen LogP contribution in [0.2, 0.25) is 5.02 Å². The van der Waals surface area contributed by atoms with Gasteiger partial charge in [0.15, 0.2) is 11.6 Å². The Bertz CT molecular complexity index is 1070. The average Bonchev–Trinajstić information content (AvgIpc) is 2.67. The molecule has 2 aromatic rings. The van der Waals surface area contributed by atoms with Gasteiger partial charge in [0, 0.05) is 32.1 Å². The minimum Gasteiger partial charge on any atom is -0.490 e. The van der Waals surface area contributed by atoms with Crippen LogP contribution in [0.5, 0.6) is 11.8 Å². The number of nitrogens with zero attached hydrogens (tertiary/aromatic N) is 2. The molecule has 3 rings (SSSR count). The highest BCUT2D eigenvalue weighted by atomic mass is 79.9. The summed E-state index contributed by atoms with van der Waals surface area (Å²) in [6.07, 6.45) is -0.309. The first kappa shape index (κ1) is 24.5. The van der Waals surface area contributed by atoms with Gasteiger partial charge >= 0.3 is 6.09 Å². The van der Waals surface area contributed by atoms with Crippen molar-refractivity contribution in [3.05, 3.63) is 25.7 Å². The number of fused-ring (bicyclic) bond motifs is 1. The Labute approximate surface area is 197 Å². The van der Waals surface area contributed by atoms with E-state index in [0.29, 0.717) is 32.1 Å². The summed E-state index contributed by atoms with van der Waals surface area (Å²) in [5.41, 5.74) is -1.35. The Morgan fingerprint density at radius 2 is 2.09 bits per heavy atom. The number of aromatic amines is 1. The van der Waals surface area contributed by atoms with Crippen LogP contribution in [-0.4, -0.2) is 66.5 Å². The number of carbonyl (C=O) groups is 1. The third-order valence-corrected chi connectivity index (χ3v) is 6.01. The Balaban J connectivity index is 1.55. The van der Waals surface area contributed by atoms with E-state index in [2.05, 4.69) is 31.2 Å². The van der Waals surface area contributed by atoms with Crippen molar-refractivity contribution in [2.45, 2.75) is 26.4 Å². The molecule has 0 unspecified atom stereocenters. The van der Waals surface area contributed by atoms with E-state index in [4.69, 9.17) is 25.8 Å². The van der Waals surface area contributed by atoms with Crippen LogP contribution in [0.25, 0.3) is 10.9 Å². The lowest BCUT2D eigenvalue weighted by molar-refractivity contribution is -0.000821. The Kier molecular flexibility index (Phi) is 7.51. The molecule has 1 saturated heterocycles. The normalized spacial score (nSPS) is 14.4. The summed E-state index contributed by atoms with van der Waals surface area (Å²) in [6, 6.07) is -0.121. The number of rotatable bonds is 7.